The summed E-state index contributed by atoms with van der Waals surface area (Å²) < 4.78 is 12.8. The van der Waals surface area contributed by atoms with Gasteiger partial charge in [-0.15, -0.1) is 5.10 Å². The number of aromatic nitrogens is 3. The summed E-state index contributed by atoms with van der Waals surface area (Å²) in [7, 11) is 3.22. The predicted octanol–water partition coefficient (Wildman–Crippen LogP) is 4.83. The van der Waals surface area contributed by atoms with E-state index in [-0.39, 0.29) is 11.8 Å². The zero-order valence-corrected chi connectivity index (χ0v) is 20.7. The molecule has 1 unspecified atom stereocenters. The molecule has 182 valence electrons. The molecular weight excluding hydrogens is 442 g/mol. The molecule has 35 heavy (non-hydrogen) atoms. The van der Waals surface area contributed by atoms with Crippen LogP contribution in [0.5, 0.6) is 11.5 Å². The molecule has 0 bridgehead atoms. The van der Waals surface area contributed by atoms with Crippen molar-refractivity contribution in [2.75, 3.05) is 37.5 Å². The number of methoxy groups -OCH3 is 2. The molecule has 1 N–H and O–H groups in total. The molecule has 8 nitrogen and oxygen atoms in total. The van der Waals surface area contributed by atoms with E-state index in [2.05, 4.69) is 48.3 Å². The number of carbonyl (C=O) groups is 1. The molecule has 3 aromatic rings. The number of allylic oxidation sites excluding steroid dienone is 2. The summed E-state index contributed by atoms with van der Waals surface area (Å²) in [4.78, 5) is 20.2. The highest BCUT2D eigenvalue weighted by atomic mass is 16.5. The number of nitrogens with zero attached hydrogens (tertiary/aromatic N) is 4. The van der Waals surface area contributed by atoms with E-state index in [1.54, 1.807) is 14.2 Å². The van der Waals surface area contributed by atoms with Crippen LogP contribution >= 0.6 is 0 Å². The lowest BCUT2D eigenvalue weighted by molar-refractivity contribution is -0.116. The van der Waals surface area contributed by atoms with Crippen LogP contribution in [0.25, 0.3) is 11.4 Å². The average Bonchev–Trinajstić information content (AvgIpc) is 3.32. The van der Waals surface area contributed by atoms with Gasteiger partial charge < -0.3 is 19.7 Å². The number of carbonyl (C=O) groups excluding carboxylic acids is 1. The first kappa shape index (κ1) is 23.0. The Hall–Kier alpha value is -3.81. The summed E-state index contributed by atoms with van der Waals surface area (Å²) in [5.74, 6) is 2.66. The predicted molar refractivity (Wildman–Crippen MR) is 136 cm³/mol. The van der Waals surface area contributed by atoms with Crippen molar-refractivity contribution >= 4 is 17.4 Å². The number of fused-ring (bicyclic) bond motifs is 1. The van der Waals surface area contributed by atoms with Crippen LogP contribution in [0.3, 0.4) is 0 Å². The quantitative estimate of drug-likeness (QED) is 0.526. The van der Waals surface area contributed by atoms with Gasteiger partial charge in [0.25, 0.3) is 0 Å². The van der Waals surface area contributed by atoms with Crippen molar-refractivity contribution in [3.8, 4) is 22.9 Å². The maximum absolute atomic E-state index is 13.1. The second-order valence-electron chi connectivity index (χ2n) is 8.73. The van der Waals surface area contributed by atoms with Gasteiger partial charge in [0.05, 0.1) is 14.2 Å². The first-order valence-electron chi connectivity index (χ1n) is 12.1. The summed E-state index contributed by atoms with van der Waals surface area (Å²) in [6.45, 7) is 6.21. The number of hydrogen-bond donors (Lipinski definition) is 1. The standard InChI is InChI=1S/C27H31N5O3/c1-5-31(6-2)19-13-10-17(11-14-19)26-29-27-28-20-8-7-9-21(33)24(20)25(32(27)30-26)18-12-15-22(34-3)23(16-18)35-4/h10-16,25H,5-9H2,1-4H3,(H,28,29,30). The van der Waals surface area contributed by atoms with E-state index in [1.807, 2.05) is 22.9 Å². The first-order chi connectivity index (χ1) is 17.1. The summed E-state index contributed by atoms with van der Waals surface area (Å²) in [5.41, 5.74) is 4.70. The van der Waals surface area contributed by atoms with Crippen molar-refractivity contribution in [3.05, 3.63) is 59.3 Å². The van der Waals surface area contributed by atoms with E-state index >= 15 is 0 Å². The molecular formula is C27H31N5O3. The summed E-state index contributed by atoms with van der Waals surface area (Å²) in [6.07, 6.45) is 2.18. The van der Waals surface area contributed by atoms with Gasteiger partial charge in [0.1, 0.15) is 6.04 Å². The molecule has 1 aromatic heterocycles. The van der Waals surface area contributed by atoms with Crippen molar-refractivity contribution in [1.29, 1.82) is 0 Å². The number of ketones is 1. The van der Waals surface area contributed by atoms with Crippen LogP contribution < -0.4 is 19.7 Å². The fraction of sp³-hybridized carbons (Fsp3) is 0.370. The van der Waals surface area contributed by atoms with Gasteiger partial charge in [-0.3, -0.25) is 4.79 Å². The van der Waals surface area contributed by atoms with Crippen LogP contribution in [0.1, 0.15) is 44.7 Å². The maximum Gasteiger partial charge on any atom is 0.226 e. The van der Waals surface area contributed by atoms with Crippen LogP contribution in [0, 0.1) is 0 Å². The number of benzene rings is 2. The maximum atomic E-state index is 13.1. The van der Waals surface area contributed by atoms with Crippen LogP contribution in [-0.4, -0.2) is 47.9 Å². The second-order valence-corrected chi connectivity index (χ2v) is 8.73. The molecule has 0 spiro atoms. The highest BCUT2D eigenvalue weighted by molar-refractivity contribution is 5.99. The minimum absolute atomic E-state index is 0.143. The number of Topliss-reactive ketones (excluding diaryl/α,β-unsaturated/α-hetero) is 1. The molecule has 0 amide bonds. The van der Waals surface area contributed by atoms with Crippen LogP contribution in [0.15, 0.2) is 53.7 Å². The van der Waals surface area contributed by atoms with Gasteiger partial charge >= 0.3 is 0 Å². The smallest absolute Gasteiger partial charge is 0.226 e. The minimum Gasteiger partial charge on any atom is -0.493 e. The summed E-state index contributed by atoms with van der Waals surface area (Å²) in [5, 5.41) is 8.29. The van der Waals surface area contributed by atoms with Gasteiger partial charge in [-0.1, -0.05) is 6.07 Å². The highest BCUT2D eigenvalue weighted by Crippen LogP contribution is 2.42. The van der Waals surface area contributed by atoms with Crippen molar-refractivity contribution in [2.24, 2.45) is 0 Å². The number of anilines is 2. The largest absolute Gasteiger partial charge is 0.493 e. The van der Waals surface area contributed by atoms with Crippen molar-refractivity contribution in [3.63, 3.8) is 0 Å². The number of ether oxygens (including phenoxy) is 2. The Bertz CT molecular complexity index is 1270. The van der Waals surface area contributed by atoms with Crippen LogP contribution in [0.2, 0.25) is 0 Å². The van der Waals surface area contributed by atoms with E-state index in [9.17, 15) is 4.79 Å². The molecule has 1 atom stereocenters. The van der Waals surface area contributed by atoms with Crippen LogP contribution in [0.4, 0.5) is 11.6 Å². The fourth-order valence-electron chi connectivity index (χ4n) is 5.02. The van der Waals surface area contributed by atoms with E-state index in [0.29, 0.717) is 29.7 Å². The Morgan fingerprint density at radius 3 is 2.46 bits per heavy atom. The lowest BCUT2D eigenvalue weighted by atomic mass is 9.85. The topological polar surface area (TPSA) is 81.5 Å². The molecule has 2 aliphatic rings. The van der Waals surface area contributed by atoms with Gasteiger partial charge in [0.2, 0.25) is 5.95 Å². The fourth-order valence-corrected chi connectivity index (χ4v) is 5.02. The van der Waals surface area contributed by atoms with Gasteiger partial charge in [-0.05, 0) is 68.7 Å². The van der Waals surface area contributed by atoms with Gasteiger partial charge in [0, 0.05) is 42.0 Å². The molecule has 0 saturated carbocycles. The third kappa shape index (κ3) is 4.03. The van der Waals surface area contributed by atoms with E-state index in [1.165, 1.54) is 5.69 Å². The van der Waals surface area contributed by atoms with Crippen molar-refractivity contribution in [1.82, 2.24) is 14.8 Å². The SMILES string of the molecule is CCN(CC)c1ccc(-c2nc3n(n2)C(c2ccc(OC)c(OC)c2)C2=C(CCCC2=O)N3)cc1. The second kappa shape index (κ2) is 9.44. The zero-order chi connectivity index (χ0) is 24.5. The van der Waals surface area contributed by atoms with E-state index in [0.717, 1.165) is 48.3 Å². The summed E-state index contributed by atoms with van der Waals surface area (Å²) >= 11 is 0. The summed E-state index contributed by atoms with van der Waals surface area (Å²) in [6, 6.07) is 13.7. The number of nitrogens with one attached hydrogen (secondary N) is 1. The molecule has 1 aliphatic heterocycles. The first-order valence-corrected chi connectivity index (χ1v) is 12.1. The van der Waals surface area contributed by atoms with Gasteiger partial charge in [-0.25, -0.2) is 4.68 Å². The lowest BCUT2D eigenvalue weighted by Gasteiger charge is -2.32. The molecule has 0 saturated heterocycles. The number of rotatable bonds is 7. The van der Waals surface area contributed by atoms with Crippen molar-refractivity contribution in [2.45, 2.75) is 39.2 Å². The third-order valence-corrected chi connectivity index (χ3v) is 6.85. The Balaban J connectivity index is 1.59. The highest BCUT2D eigenvalue weighted by Gasteiger charge is 2.37. The molecule has 1 aliphatic carbocycles. The van der Waals surface area contributed by atoms with Crippen LogP contribution in [-0.2, 0) is 4.79 Å². The van der Waals surface area contributed by atoms with E-state index < -0.39 is 0 Å². The average molecular weight is 474 g/mol. The molecule has 0 fully saturated rings. The normalized spacial score (nSPS) is 16.9. The molecule has 0 radical (unpaired) electrons. The lowest BCUT2D eigenvalue weighted by Crippen LogP contribution is -2.31. The van der Waals surface area contributed by atoms with Crippen molar-refractivity contribution < 1.29 is 14.3 Å². The molecule has 8 heteroatoms. The van der Waals surface area contributed by atoms with Gasteiger partial charge in [0.15, 0.2) is 23.1 Å². The Labute approximate surface area is 205 Å². The Morgan fingerprint density at radius 1 is 1.03 bits per heavy atom. The molecule has 5 rings (SSSR count). The Morgan fingerprint density at radius 2 is 1.77 bits per heavy atom. The monoisotopic (exact) mass is 473 g/mol. The molecule has 2 aromatic carbocycles. The number of hydrogen-bond acceptors (Lipinski definition) is 7. The molecule has 2 heterocycles. The van der Waals surface area contributed by atoms with Gasteiger partial charge in [-0.2, -0.15) is 4.98 Å². The Kier molecular flexibility index (Phi) is 6.19. The minimum atomic E-state index is -0.384. The third-order valence-electron chi connectivity index (χ3n) is 6.85. The zero-order valence-electron chi connectivity index (χ0n) is 20.7. The van der Waals surface area contributed by atoms with E-state index in [4.69, 9.17) is 19.6 Å².